The fourth-order valence-electron chi connectivity index (χ4n) is 1.76. The molecule has 0 bridgehead atoms. The number of hydrogen-bond acceptors (Lipinski definition) is 4. The summed E-state index contributed by atoms with van der Waals surface area (Å²) >= 11 is 1.60. The molecule has 0 aliphatic carbocycles. The Balaban J connectivity index is 1.81. The Morgan fingerprint density at radius 3 is 2.74 bits per heavy atom. The predicted octanol–water partition coefficient (Wildman–Crippen LogP) is 3.34. The van der Waals surface area contributed by atoms with Crippen molar-refractivity contribution in [2.24, 2.45) is 0 Å². The molecule has 100 valence electrons. The summed E-state index contributed by atoms with van der Waals surface area (Å²) in [6.45, 7) is 4.22. The minimum absolute atomic E-state index is 0.181. The Bertz CT molecular complexity index is 536. The van der Waals surface area contributed by atoms with Gasteiger partial charge in [0.05, 0.1) is 17.5 Å². The van der Waals surface area contributed by atoms with Crippen LogP contribution in [0.4, 0.5) is 0 Å². The first-order chi connectivity index (χ1) is 9.16. The molecule has 1 atom stereocenters. The smallest absolute Gasteiger partial charge is 0.313 e. The van der Waals surface area contributed by atoms with Gasteiger partial charge in [-0.3, -0.25) is 4.79 Å². The van der Waals surface area contributed by atoms with Crippen LogP contribution in [0, 0.1) is 6.92 Å². The molecule has 0 N–H and O–H groups in total. The number of esters is 1. The lowest BCUT2D eigenvalue weighted by Gasteiger charge is -2.11. The van der Waals surface area contributed by atoms with E-state index in [1.807, 2.05) is 49.6 Å². The monoisotopic (exact) mass is 275 g/mol. The number of aryl methyl sites for hydroxylation is 1. The lowest BCUT2D eigenvalue weighted by Crippen LogP contribution is -2.14. The molecule has 0 radical (unpaired) electrons. The zero-order chi connectivity index (χ0) is 13.7. The quantitative estimate of drug-likeness (QED) is 0.786. The fourth-order valence-corrected chi connectivity index (χ4v) is 2.52. The summed E-state index contributed by atoms with van der Waals surface area (Å²) in [5, 5.41) is 3.02. The van der Waals surface area contributed by atoms with Gasteiger partial charge < -0.3 is 4.74 Å². The SMILES string of the molecule is Cc1csc(CCOC(=O)C(C)c2ccccc2)n1. The molecule has 3 nitrogen and oxygen atoms in total. The van der Waals surface area contributed by atoms with Crippen molar-refractivity contribution in [3.8, 4) is 0 Å². The Morgan fingerprint density at radius 2 is 2.11 bits per heavy atom. The maximum Gasteiger partial charge on any atom is 0.313 e. The molecule has 0 saturated carbocycles. The molecule has 1 aromatic carbocycles. The van der Waals surface area contributed by atoms with E-state index in [0.29, 0.717) is 13.0 Å². The van der Waals surface area contributed by atoms with E-state index in [1.54, 1.807) is 11.3 Å². The van der Waals surface area contributed by atoms with E-state index in [2.05, 4.69) is 4.98 Å². The number of ether oxygens (including phenoxy) is 1. The summed E-state index contributed by atoms with van der Waals surface area (Å²) in [7, 11) is 0. The Kier molecular flexibility index (Phi) is 4.68. The number of aromatic nitrogens is 1. The highest BCUT2D eigenvalue weighted by Gasteiger charge is 2.16. The second kappa shape index (κ2) is 6.48. The first-order valence-electron chi connectivity index (χ1n) is 6.29. The van der Waals surface area contributed by atoms with Crippen molar-refractivity contribution in [1.82, 2.24) is 4.98 Å². The van der Waals surface area contributed by atoms with Crippen LogP contribution in [0.2, 0.25) is 0 Å². The summed E-state index contributed by atoms with van der Waals surface area (Å²) in [5.41, 5.74) is 2.00. The number of benzene rings is 1. The van der Waals surface area contributed by atoms with Crippen molar-refractivity contribution >= 4 is 17.3 Å². The Labute approximate surface area is 117 Å². The molecule has 19 heavy (non-hydrogen) atoms. The molecule has 0 spiro atoms. The number of hydrogen-bond donors (Lipinski definition) is 0. The van der Waals surface area contributed by atoms with Gasteiger partial charge in [-0.25, -0.2) is 4.98 Å². The van der Waals surface area contributed by atoms with Gasteiger partial charge >= 0.3 is 5.97 Å². The predicted molar refractivity (Wildman–Crippen MR) is 76.4 cm³/mol. The van der Waals surface area contributed by atoms with Gasteiger partial charge in [0.2, 0.25) is 0 Å². The van der Waals surface area contributed by atoms with Crippen molar-refractivity contribution in [1.29, 1.82) is 0 Å². The van der Waals surface area contributed by atoms with Gasteiger partial charge in [-0.15, -0.1) is 11.3 Å². The largest absolute Gasteiger partial charge is 0.465 e. The Morgan fingerprint density at radius 1 is 1.37 bits per heavy atom. The zero-order valence-corrected chi connectivity index (χ0v) is 11.9. The minimum atomic E-state index is -0.223. The maximum absolute atomic E-state index is 11.9. The van der Waals surface area contributed by atoms with E-state index in [9.17, 15) is 4.79 Å². The van der Waals surface area contributed by atoms with E-state index in [0.717, 1.165) is 16.3 Å². The maximum atomic E-state index is 11.9. The van der Waals surface area contributed by atoms with Crippen molar-refractivity contribution in [3.63, 3.8) is 0 Å². The number of rotatable bonds is 5. The van der Waals surface area contributed by atoms with Crippen LogP contribution in [0.25, 0.3) is 0 Å². The third-order valence-electron chi connectivity index (χ3n) is 2.88. The van der Waals surface area contributed by atoms with Crippen molar-refractivity contribution in [2.45, 2.75) is 26.2 Å². The zero-order valence-electron chi connectivity index (χ0n) is 11.1. The molecular weight excluding hydrogens is 258 g/mol. The first-order valence-corrected chi connectivity index (χ1v) is 7.17. The van der Waals surface area contributed by atoms with Gasteiger partial charge in [0.1, 0.15) is 0 Å². The van der Waals surface area contributed by atoms with Crippen LogP contribution < -0.4 is 0 Å². The molecule has 1 heterocycles. The van der Waals surface area contributed by atoms with Crippen LogP contribution in [0.3, 0.4) is 0 Å². The van der Waals surface area contributed by atoms with Crippen molar-refractivity contribution in [2.75, 3.05) is 6.61 Å². The molecule has 2 rings (SSSR count). The number of nitrogens with zero attached hydrogens (tertiary/aromatic N) is 1. The highest BCUT2D eigenvalue weighted by molar-refractivity contribution is 7.09. The summed E-state index contributed by atoms with van der Waals surface area (Å²) in [6, 6.07) is 9.67. The summed E-state index contributed by atoms with van der Waals surface area (Å²) in [4.78, 5) is 16.2. The summed E-state index contributed by atoms with van der Waals surface area (Å²) in [6.07, 6.45) is 0.686. The van der Waals surface area contributed by atoms with Crippen LogP contribution in [-0.2, 0) is 16.0 Å². The molecule has 1 aromatic heterocycles. The van der Waals surface area contributed by atoms with E-state index in [4.69, 9.17) is 4.74 Å². The van der Waals surface area contributed by atoms with E-state index in [-0.39, 0.29) is 11.9 Å². The molecule has 0 saturated heterocycles. The second-order valence-corrected chi connectivity index (χ2v) is 5.38. The average Bonchev–Trinajstić information content (AvgIpc) is 2.84. The number of thiazole rings is 1. The van der Waals surface area contributed by atoms with Crippen LogP contribution in [-0.4, -0.2) is 17.6 Å². The Hall–Kier alpha value is -1.68. The third kappa shape index (κ3) is 3.89. The van der Waals surface area contributed by atoms with Crippen molar-refractivity contribution in [3.05, 3.63) is 52.0 Å². The molecule has 4 heteroatoms. The highest BCUT2D eigenvalue weighted by Crippen LogP contribution is 2.16. The molecule has 2 aromatic rings. The minimum Gasteiger partial charge on any atom is -0.465 e. The lowest BCUT2D eigenvalue weighted by molar-refractivity contribution is -0.144. The highest BCUT2D eigenvalue weighted by atomic mass is 32.1. The lowest BCUT2D eigenvalue weighted by atomic mass is 10.0. The molecule has 0 fully saturated rings. The standard InChI is InChI=1S/C15H17NO2S/c1-11-10-19-14(16-11)8-9-18-15(17)12(2)13-6-4-3-5-7-13/h3-7,10,12H,8-9H2,1-2H3. The first kappa shape index (κ1) is 13.7. The van der Waals surface area contributed by atoms with Gasteiger partial charge in [-0.2, -0.15) is 0 Å². The molecule has 0 aliphatic rings. The topological polar surface area (TPSA) is 39.2 Å². The number of carbonyl (C=O) groups is 1. The van der Waals surface area contributed by atoms with Gasteiger partial charge in [0.15, 0.2) is 0 Å². The molecule has 0 aliphatic heterocycles. The summed E-state index contributed by atoms with van der Waals surface area (Å²) < 4.78 is 5.30. The molecule has 0 amide bonds. The van der Waals surface area contributed by atoms with Gasteiger partial charge in [0.25, 0.3) is 0 Å². The molecule has 1 unspecified atom stereocenters. The van der Waals surface area contributed by atoms with Crippen LogP contribution in [0.1, 0.15) is 29.1 Å². The molecular formula is C15H17NO2S. The summed E-state index contributed by atoms with van der Waals surface area (Å²) in [5.74, 6) is -0.404. The van der Waals surface area contributed by atoms with Crippen LogP contribution >= 0.6 is 11.3 Å². The third-order valence-corrected chi connectivity index (χ3v) is 3.91. The van der Waals surface area contributed by atoms with E-state index < -0.39 is 0 Å². The second-order valence-electron chi connectivity index (χ2n) is 4.43. The van der Waals surface area contributed by atoms with Crippen LogP contribution in [0.15, 0.2) is 35.7 Å². The van der Waals surface area contributed by atoms with E-state index >= 15 is 0 Å². The number of carbonyl (C=O) groups excluding carboxylic acids is 1. The average molecular weight is 275 g/mol. The normalized spacial score (nSPS) is 12.1. The van der Waals surface area contributed by atoms with E-state index in [1.165, 1.54) is 0 Å². The van der Waals surface area contributed by atoms with Gasteiger partial charge in [-0.1, -0.05) is 30.3 Å². The van der Waals surface area contributed by atoms with Gasteiger partial charge in [-0.05, 0) is 19.4 Å². The van der Waals surface area contributed by atoms with Gasteiger partial charge in [0, 0.05) is 17.5 Å². The van der Waals surface area contributed by atoms with Crippen molar-refractivity contribution < 1.29 is 9.53 Å². The fraction of sp³-hybridized carbons (Fsp3) is 0.333. The van der Waals surface area contributed by atoms with Crippen LogP contribution in [0.5, 0.6) is 0 Å².